The lowest BCUT2D eigenvalue weighted by Crippen LogP contribution is -2.24. The number of hydrogen-bond acceptors (Lipinski definition) is 1. The molecule has 0 bridgehead atoms. The van der Waals surface area contributed by atoms with Crippen LogP contribution in [0.3, 0.4) is 0 Å². The van der Waals surface area contributed by atoms with Crippen molar-refractivity contribution in [2.45, 2.75) is 41.5 Å². The highest BCUT2D eigenvalue weighted by Gasteiger charge is 2.22. The van der Waals surface area contributed by atoms with Gasteiger partial charge >= 0.3 is 0 Å². The van der Waals surface area contributed by atoms with Gasteiger partial charge < -0.3 is 0 Å². The second-order valence-electron chi connectivity index (χ2n) is 5.84. The van der Waals surface area contributed by atoms with E-state index in [1.807, 2.05) is 0 Å². The monoisotopic (exact) mass is 220 g/mol. The van der Waals surface area contributed by atoms with Crippen molar-refractivity contribution in [2.24, 2.45) is 20.8 Å². The maximum atomic E-state index is 4.60. The molecule has 0 atom stereocenters. The van der Waals surface area contributed by atoms with Crippen LogP contribution in [-0.2, 0) is 0 Å². The molecule has 0 saturated carbocycles. The lowest BCUT2D eigenvalue weighted by atomic mass is 9.89. The Kier molecular flexibility index (Phi) is 4.85. The van der Waals surface area contributed by atoms with Crippen LogP contribution in [0.1, 0.15) is 41.5 Å². The number of hydrogen-bond donors (Lipinski definition) is 0. The first-order chi connectivity index (χ1) is 7.12. The van der Waals surface area contributed by atoms with Gasteiger partial charge in [0.25, 0.3) is 0 Å². The van der Waals surface area contributed by atoms with Crippen molar-refractivity contribution >= 4 is 11.5 Å². The summed E-state index contributed by atoms with van der Waals surface area (Å²) in [5, 5.41) is 0. The molecule has 0 saturated heterocycles. The van der Waals surface area contributed by atoms with Gasteiger partial charge in [-0.15, -0.1) is 0 Å². The standard InChI is InChI=1S/C14H24N2/c1-9-11(13(3,4)5)16-12(15-10-2)14(6,7)8/h9-10H,1-2H2,3-8H3. The van der Waals surface area contributed by atoms with Crippen LogP contribution in [0, 0.1) is 10.8 Å². The minimum atomic E-state index is -0.0896. The molecule has 0 aliphatic heterocycles. The number of nitrogens with zero attached hydrogens (tertiary/aromatic N) is 2. The first-order valence-corrected chi connectivity index (χ1v) is 5.53. The van der Waals surface area contributed by atoms with Crippen LogP contribution in [0.15, 0.2) is 35.4 Å². The van der Waals surface area contributed by atoms with Gasteiger partial charge in [0, 0.05) is 22.7 Å². The van der Waals surface area contributed by atoms with E-state index in [4.69, 9.17) is 0 Å². The maximum Gasteiger partial charge on any atom is 0.133 e. The minimum Gasteiger partial charge on any atom is -0.241 e. The molecule has 0 spiro atoms. The second-order valence-corrected chi connectivity index (χ2v) is 5.84. The molecule has 0 aromatic rings. The Labute approximate surface area is 99.9 Å². The Morgan fingerprint density at radius 3 is 1.69 bits per heavy atom. The van der Waals surface area contributed by atoms with Crippen molar-refractivity contribution in [3.8, 4) is 0 Å². The van der Waals surface area contributed by atoms with E-state index in [-0.39, 0.29) is 10.8 Å². The van der Waals surface area contributed by atoms with Crippen LogP contribution in [0.4, 0.5) is 0 Å². The quantitative estimate of drug-likeness (QED) is 0.491. The van der Waals surface area contributed by atoms with Crippen LogP contribution >= 0.6 is 0 Å². The van der Waals surface area contributed by atoms with Gasteiger partial charge in [-0.05, 0) is 6.08 Å². The third kappa shape index (κ3) is 4.56. The summed E-state index contributed by atoms with van der Waals surface area (Å²) in [6, 6.07) is 0. The fraction of sp³-hybridized carbons (Fsp3) is 0.571. The fourth-order valence-electron chi connectivity index (χ4n) is 1.11. The average Bonchev–Trinajstić information content (AvgIpc) is 2.07. The van der Waals surface area contributed by atoms with Crippen molar-refractivity contribution in [1.29, 1.82) is 0 Å². The topological polar surface area (TPSA) is 24.7 Å². The summed E-state index contributed by atoms with van der Waals surface area (Å²) in [5.41, 5.74) is 0.839. The van der Waals surface area contributed by atoms with Crippen molar-refractivity contribution in [1.82, 2.24) is 0 Å². The molecule has 0 aliphatic rings. The van der Waals surface area contributed by atoms with Gasteiger partial charge in [-0.2, -0.15) is 0 Å². The Morgan fingerprint density at radius 1 is 0.938 bits per heavy atom. The molecular formula is C14H24N2. The summed E-state index contributed by atoms with van der Waals surface area (Å²) in [6.07, 6.45) is 3.33. The fourth-order valence-corrected chi connectivity index (χ4v) is 1.11. The van der Waals surface area contributed by atoms with Crippen molar-refractivity contribution in [3.05, 3.63) is 25.4 Å². The molecule has 0 rings (SSSR count). The second kappa shape index (κ2) is 5.24. The molecule has 0 aromatic heterocycles. The van der Waals surface area contributed by atoms with Gasteiger partial charge in [0.2, 0.25) is 0 Å². The number of aliphatic imine (C=N–C) groups is 2. The highest BCUT2D eigenvalue weighted by molar-refractivity contribution is 6.07. The summed E-state index contributed by atoms with van der Waals surface area (Å²) in [6.45, 7) is 20.0. The summed E-state index contributed by atoms with van der Waals surface area (Å²) in [7, 11) is 0. The minimum absolute atomic E-state index is 0.0189. The lowest BCUT2D eigenvalue weighted by molar-refractivity contribution is 0.575. The zero-order valence-electron chi connectivity index (χ0n) is 11.5. The molecule has 0 aliphatic carbocycles. The maximum absolute atomic E-state index is 4.60. The van der Waals surface area contributed by atoms with E-state index in [1.54, 1.807) is 6.08 Å². The Hall–Kier alpha value is -1.18. The van der Waals surface area contributed by atoms with E-state index >= 15 is 0 Å². The zero-order valence-corrected chi connectivity index (χ0v) is 11.5. The van der Waals surface area contributed by atoms with Gasteiger partial charge in [-0.25, -0.2) is 9.98 Å². The zero-order chi connectivity index (χ0) is 13.0. The van der Waals surface area contributed by atoms with Gasteiger partial charge in [-0.3, -0.25) is 0 Å². The number of rotatable bonds is 2. The number of allylic oxidation sites excluding steroid dienone is 1. The molecule has 0 amide bonds. The summed E-state index contributed by atoms with van der Waals surface area (Å²) >= 11 is 0. The molecule has 0 aromatic carbocycles. The van der Waals surface area contributed by atoms with Crippen molar-refractivity contribution in [3.63, 3.8) is 0 Å². The van der Waals surface area contributed by atoms with Crippen LogP contribution in [0.25, 0.3) is 0 Å². The predicted octanol–water partition coefficient (Wildman–Crippen LogP) is 4.25. The van der Waals surface area contributed by atoms with Gasteiger partial charge in [0.15, 0.2) is 0 Å². The SMILES string of the molecule is C=CN=C(N=C(C=C)C(C)(C)C)C(C)(C)C. The van der Waals surface area contributed by atoms with E-state index in [9.17, 15) is 0 Å². The highest BCUT2D eigenvalue weighted by atomic mass is 14.9. The molecule has 2 nitrogen and oxygen atoms in total. The molecule has 0 unspecified atom stereocenters. The van der Waals surface area contributed by atoms with E-state index in [0.717, 1.165) is 11.5 Å². The molecule has 0 heterocycles. The van der Waals surface area contributed by atoms with E-state index in [1.165, 1.54) is 6.20 Å². The van der Waals surface area contributed by atoms with Gasteiger partial charge in [0.05, 0.1) is 0 Å². The van der Waals surface area contributed by atoms with E-state index in [0.29, 0.717) is 0 Å². The van der Waals surface area contributed by atoms with Crippen LogP contribution < -0.4 is 0 Å². The summed E-state index contributed by atoms with van der Waals surface area (Å²) in [5.74, 6) is 0.785. The van der Waals surface area contributed by atoms with E-state index in [2.05, 4.69) is 64.7 Å². The van der Waals surface area contributed by atoms with E-state index < -0.39 is 0 Å². The van der Waals surface area contributed by atoms with Crippen LogP contribution in [0.5, 0.6) is 0 Å². The summed E-state index contributed by atoms with van der Waals surface area (Å²) in [4.78, 5) is 8.85. The third-order valence-electron chi connectivity index (χ3n) is 2.07. The molecule has 0 N–H and O–H groups in total. The normalized spacial score (nSPS) is 14.9. The Morgan fingerprint density at radius 2 is 1.44 bits per heavy atom. The summed E-state index contributed by atoms with van der Waals surface area (Å²) < 4.78 is 0. The Bertz CT molecular complexity index is 320. The molecule has 2 heteroatoms. The molecular weight excluding hydrogens is 196 g/mol. The number of amidine groups is 1. The molecule has 16 heavy (non-hydrogen) atoms. The first-order valence-electron chi connectivity index (χ1n) is 5.53. The van der Waals surface area contributed by atoms with Crippen LogP contribution in [0.2, 0.25) is 0 Å². The largest absolute Gasteiger partial charge is 0.241 e. The highest BCUT2D eigenvalue weighted by Crippen LogP contribution is 2.22. The van der Waals surface area contributed by atoms with Gasteiger partial charge in [-0.1, -0.05) is 54.7 Å². The van der Waals surface area contributed by atoms with Crippen LogP contribution in [-0.4, -0.2) is 11.5 Å². The first kappa shape index (κ1) is 14.8. The van der Waals surface area contributed by atoms with Crippen molar-refractivity contribution < 1.29 is 0 Å². The predicted molar refractivity (Wildman–Crippen MR) is 74.2 cm³/mol. The lowest BCUT2D eigenvalue weighted by Gasteiger charge is -2.23. The molecule has 90 valence electrons. The Balaban J connectivity index is 5.45. The molecule has 0 radical (unpaired) electrons. The van der Waals surface area contributed by atoms with Crippen molar-refractivity contribution in [2.75, 3.05) is 0 Å². The molecule has 0 fully saturated rings. The van der Waals surface area contributed by atoms with Gasteiger partial charge in [0.1, 0.15) is 5.84 Å². The average molecular weight is 220 g/mol. The smallest absolute Gasteiger partial charge is 0.133 e. The third-order valence-corrected chi connectivity index (χ3v) is 2.07.